The number of rotatable bonds is 6. The lowest BCUT2D eigenvalue weighted by molar-refractivity contribution is -0.000178. The van der Waals surface area contributed by atoms with Crippen LogP contribution in [0.1, 0.15) is 43.0 Å². The van der Waals surface area contributed by atoms with Gasteiger partial charge in [-0.1, -0.05) is 6.92 Å². The standard InChI is InChI=1S/C16H25N3O2/c1-3-9-17-15-14(8-6-10-18-15)16(20)19(2)12-13-7-4-5-11-21-13/h6,8,10,13H,3-5,7,9,11-12H2,1-2H3,(H,17,18). The zero-order valence-electron chi connectivity index (χ0n) is 13.0. The van der Waals surface area contributed by atoms with Gasteiger partial charge < -0.3 is 15.0 Å². The van der Waals surface area contributed by atoms with Crippen LogP contribution < -0.4 is 5.32 Å². The molecular weight excluding hydrogens is 266 g/mol. The maximum Gasteiger partial charge on any atom is 0.257 e. The Balaban J connectivity index is 2.00. The van der Waals surface area contributed by atoms with Gasteiger partial charge in [-0.25, -0.2) is 4.98 Å². The van der Waals surface area contributed by atoms with Crippen molar-refractivity contribution in [2.75, 3.05) is 32.1 Å². The van der Waals surface area contributed by atoms with E-state index in [1.54, 1.807) is 17.2 Å². The minimum atomic E-state index is -0.00382. The Kier molecular flexibility index (Phi) is 5.99. The number of amides is 1. The van der Waals surface area contributed by atoms with Crippen molar-refractivity contribution < 1.29 is 9.53 Å². The Morgan fingerprint density at radius 1 is 1.52 bits per heavy atom. The molecule has 5 heteroatoms. The predicted octanol–water partition coefficient (Wildman–Crippen LogP) is 2.54. The summed E-state index contributed by atoms with van der Waals surface area (Å²) >= 11 is 0. The third kappa shape index (κ3) is 4.43. The lowest BCUT2D eigenvalue weighted by Gasteiger charge is -2.27. The quantitative estimate of drug-likeness (QED) is 0.875. The number of pyridine rings is 1. The van der Waals surface area contributed by atoms with E-state index in [4.69, 9.17) is 4.74 Å². The van der Waals surface area contributed by atoms with Gasteiger partial charge in [0.2, 0.25) is 0 Å². The molecule has 0 saturated carbocycles. The minimum absolute atomic E-state index is 0.00382. The molecule has 2 heterocycles. The number of likely N-dealkylation sites (N-methyl/N-ethyl adjacent to an activating group) is 1. The lowest BCUT2D eigenvalue weighted by atomic mass is 10.1. The van der Waals surface area contributed by atoms with Crippen molar-refractivity contribution in [3.05, 3.63) is 23.9 Å². The number of aromatic nitrogens is 1. The molecule has 1 aliphatic rings. The number of hydrogen-bond donors (Lipinski definition) is 1. The summed E-state index contributed by atoms with van der Waals surface area (Å²) in [6.45, 7) is 4.35. The normalized spacial score (nSPS) is 18.3. The van der Waals surface area contributed by atoms with E-state index in [0.717, 1.165) is 32.4 Å². The number of anilines is 1. The molecule has 5 nitrogen and oxygen atoms in total. The molecule has 116 valence electrons. The summed E-state index contributed by atoms with van der Waals surface area (Å²) in [7, 11) is 1.83. The highest BCUT2D eigenvalue weighted by atomic mass is 16.5. The monoisotopic (exact) mass is 291 g/mol. The van der Waals surface area contributed by atoms with Gasteiger partial charge in [0.05, 0.1) is 11.7 Å². The fraction of sp³-hybridized carbons (Fsp3) is 0.625. The number of nitrogens with zero attached hydrogens (tertiary/aromatic N) is 2. The van der Waals surface area contributed by atoms with Crippen LogP contribution in [0.3, 0.4) is 0 Å². The van der Waals surface area contributed by atoms with Crippen molar-refractivity contribution in [1.82, 2.24) is 9.88 Å². The van der Waals surface area contributed by atoms with E-state index < -0.39 is 0 Å². The molecule has 1 unspecified atom stereocenters. The van der Waals surface area contributed by atoms with E-state index in [2.05, 4.69) is 17.2 Å². The van der Waals surface area contributed by atoms with Gasteiger partial charge in [-0.15, -0.1) is 0 Å². The summed E-state index contributed by atoms with van der Waals surface area (Å²) in [5.74, 6) is 0.664. The molecule has 1 N–H and O–H groups in total. The minimum Gasteiger partial charge on any atom is -0.376 e. The maximum atomic E-state index is 12.6. The first-order valence-electron chi connectivity index (χ1n) is 7.78. The first-order valence-corrected chi connectivity index (χ1v) is 7.78. The SMILES string of the molecule is CCCNc1ncccc1C(=O)N(C)CC1CCCCO1. The third-order valence-corrected chi connectivity index (χ3v) is 3.68. The molecule has 2 rings (SSSR count). The van der Waals surface area contributed by atoms with Gasteiger partial charge in [0.15, 0.2) is 0 Å². The van der Waals surface area contributed by atoms with Crippen molar-refractivity contribution in [3.63, 3.8) is 0 Å². The second-order valence-corrected chi connectivity index (χ2v) is 5.50. The highest BCUT2D eigenvalue weighted by Crippen LogP contribution is 2.17. The van der Waals surface area contributed by atoms with Crippen LogP contribution in [0.5, 0.6) is 0 Å². The fourth-order valence-electron chi connectivity index (χ4n) is 2.51. The maximum absolute atomic E-state index is 12.6. The molecule has 1 saturated heterocycles. The van der Waals surface area contributed by atoms with Crippen LogP contribution in [0, 0.1) is 0 Å². The van der Waals surface area contributed by atoms with Crippen molar-refractivity contribution in [2.24, 2.45) is 0 Å². The van der Waals surface area contributed by atoms with Crippen LogP contribution in [0.2, 0.25) is 0 Å². The summed E-state index contributed by atoms with van der Waals surface area (Å²) in [5.41, 5.74) is 0.629. The van der Waals surface area contributed by atoms with E-state index in [1.807, 2.05) is 13.1 Å². The molecule has 1 amide bonds. The Bertz CT molecular complexity index is 459. The van der Waals surface area contributed by atoms with Crippen LogP contribution >= 0.6 is 0 Å². The van der Waals surface area contributed by atoms with Crippen LogP contribution in [0.15, 0.2) is 18.3 Å². The third-order valence-electron chi connectivity index (χ3n) is 3.68. The largest absolute Gasteiger partial charge is 0.376 e. The summed E-state index contributed by atoms with van der Waals surface area (Å²) in [6, 6.07) is 3.63. The van der Waals surface area contributed by atoms with Gasteiger partial charge in [-0.2, -0.15) is 0 Å². The Morgan fingerprint density at radius 2 is 2.38 bits per heavy atom. The Labute approximate surface area is 126 Å². The van der Waals surface area contributed by atoms with Gasteiger partial charge in [0, 0.05) is 32.9 Å². The zero-order valence-corrected chi connectivity index (χ0v) is 13.0. The van der Waals surface area contributed by atoms with Crippen LogP contribution in [-0.4, -0.2) is 48.6 Å². The Hall–Kier alpha value is -1.62. The topological polar surface area (TPSA) is 54.5 Å². The highest BCUT2D eigenvalue weighted by molar-refractivity contribution is 5.98. The number of carbonyl (C=O) groups is 1. The smallest absolute Gasteiger partial charge is 0.257 e. The van der Waals surface area contributed by atoms with Gasteiger partial charge in [-0.05, 0) is 37.8 Å². The first kappa shape index (κ1) is 15.8. The average molecular weight is 291 g/mol. The molecule has 0 spiro atoms. The van der Waals surface area contributed by atoms with Gasteiger partial charge in [0.1, 0.15) is 5.82 Å². The molecule has 0 aliphatic carbocycles. The van der Waals surface area contributed by atoms with E-state index in [0.29, 0.717) is 17.9 Å². The molecule has 1 atom stereocenters. The highest BCUT2D eigenvalue weighted by Gasteiger charge is 2.21. The molecule has 1 aromatic heterocycles. The van der Waals surface area contributed by atoms with Crippen molar-refractivity contribution in [2.45, 2.75) is 38.7 Å². The van der Waals surface area contributed by atoms with E-state index >= 15 is 0 Å². The van der Waals surface area contributed by atoms with E-state index in [9.17, 15) is 4.79 Å². The molecule has 0 bridgehead atoms. The zero-order chi connectivity index (χ0) is 15.1. The summed E-state index contributed by atoms with van der Waals surface area (Å²) in [5, 5.41) is 3.21. The van der Waals surface area contributed by atoms with Gasteiger partial charge in [-0.3, -0.25) is 4.79 Å². The molecule has 1 aromatic rings. The summed E-state index contributed by atoms with van der Waals surface area (Å²) in [6.07, 6.45) is 6.21. The number of carbonyl (C=O) groups excluding carboxylic acids is 1. The molecular formula is C16H25N3O2. The molecule has 21 heavy (non-hydrogen) atoms. The molecule has 0 radical (unpaired) electrons. The second-order valence-electron chi connectivity index (χ2n) is 5.50. The number of hydrogen-bond acceptors (Lipinski definition) is 4. The first-order chi connectivity index (χ1) is 10.2. The van der Waals surface area contributed by atoms with Gasteiger partial charge >= 0.3 is 0 Å². The summed E-state index contributed by atoms with van der Waals surface area (Å²) in [4.78, 5) is 18.6. The lowest BCUT2D eigenvalue weighted by Crippen LogP contribution is -2.37. The van der Waals surface area contributed by atoms with Crippen LogP contribution in [0.25, 0.3) is 0 Å². The van der Waals surface area contributed by atoms with E-state index in [1.165, 1.54) is 6.42 Å². The van der Waals surface area contributed by atoms with Crippen molar-refractivity contribution >= 4 is 11.7 Å². The molecule has 1 fully saturated rings. The van der Waals surface area contributed by atoms with E-state index in [-0.39, 0.29) is 12.0 Å². The van der Waals surface area contributed by atoms with Crippen molar-refractivity contribution in [3.8, 4) is 0 Å². The average Bonchev–Trinajstić information content (AvgIpc) is 2.53. The predicted molar refractivity (Wildman–Crippen MR) is 83.6 cm³/mol. The molecule has 1 aliphatic heterocycles. The molecule has 0 aromatic carbocycles. The fourth-order valence-corrected chi connectivity index (χ4v) is 2.51. The Morgan fingerprint density at radius 3 is 3.10 bits per heavy atom. The van der Waals surface area contributed by atoms with Gasteiger partial charge in [0.25, 0.3) is 5.91 Å². The second kappa shape index (κ2) is 7.98. The number of ether oxygens (including phenoxy) is 1. The van der Waals surface area contributed by atoms with Crippen molar-refractivity contribution in [1.29, 1.82) is 0 Å². The summed E-state index contributed by atoms with van der Waals surface area (Å²) < 4.78 is 5.70. The van der Waals surface area contributed by atoms with Crippen LogP contribution in [-0.2, 0) is 4.74 Å². The number of nitrogens with one attached hydrogen (secondary N) is 1. The van der Waals surface area contributed by atoms with Crippen LogP contribution in [0.4, 0.5) is 5.82 Å².